The largest absolute Gasteiger partial charge is 0.383 e. The molecule has 0 saturated carbocycles. The average molecular weight is 341 g/mol. The van der Waals surface area contributed by atoms with Crippen molar-refractivity contribution < 1.29 is 4.74 Å². The minimum atomic E-state index is 0.443. The lowest BCUT2D eigenvalue weighted by molar-refractivity contribution is 0.127. The molecule has 2 aromatic rings. The first kappa shape index (κ1) is 17.8. The van der Waals surface area contributed by atoms with Gasteiger partial charge < -0.3 is 15.0 Å². The van der Waals surface area contributed by atoms with Crippen molar-refractivity contribution in [3.63, 3.8) is 0 Å². The summed E-state index contributed by atoms with van der Waals surface area (Å²) in [6.07, 6.45) is 2.36. The van der Waals surface area contributed by atoms with Gasteiger partial charge in [-0.2, -0.15) is 0 Å². The standard InChI is InChI=1S/C19H27N5O/c1-14-6-4-8-18(20-14)23-19-12-17(21-15(2)22-19)16-7-5-9-24(13-16)10-11-25-3/h4,6,8,12,16H,5,7,9-11,13H2,1-3H3,(H,20,21,22,23). The molecule has 1 aliphatic rings. The number of rotatable bonds is 6. The van der Waals surface area contributed by atoms with Crippen molar-refractivity contribution in [1.82, 2.24) is 19.9 Å². The molecule has 0 amide bonds. The van der Waals surface area contributed by atoms with Gasteiger partial charge in [0.15, 0.2) is 0 Å². The summed E-state index contributed by atoms with van der Waals surface area (Å²) >= 11 is 0. The van der Waals surface area contributed by atoms with Gasteiger partial charge in [-0.25, -0.2) is 15.0 Å². The number of hydrogen-bond donors (Lipinski definition) is 1. The summed E-state index contributed by atoms with van der Waals surface area (Å²) in [6.45, 7) is 7.86. The number of aromatic nitrogens is 3. The molecule has 0 bridgehead atoms. The monoisotopic (exact) mass is 341 g/mol. The highest BCUT2D eigenvalue weighted by atomic mass is 16.5. The minimum absolute atomic E-state index is 0.443. The van der Waals surface area contributed by atoms with E-state index < -0.39 is 0 Å². The second kappa shape index (κ2) is 8.36. The maximum Gasteiger partial charge on any atom is 0.135 e. The number of ether oxygens (including phenoxy) is 1. The van der Waals surface area contributed by atoms with E-state index in [1.807, 2.05) is 32.0 Å². The Morgan fingerprint density at radius 1 is 1.20 bits per heavy atom. The Hall–Kier alpha value is -2.05. The van der Waals surface area contributed by atoms with E-state index in [1.165, 1.54) is 12.8 Å². The number of likely N-dealkylation sites (tertiary alicyclic amines) is 1. The van der Waals surface area contributed by atoms with Gasteiger partial charge in [-0.05, 0) is 45.4 Å². The fraction of sp³-hybridized carbons (Fsp3) is 0.526. The van der Waals surface area contributed by atoms with E-state index in [0.717, 1.165) is 55.1 Å². The van der Waals surface area contributed by atoms with Crippen LogP contribution >= 0.6 is 0 Å². The SMILES string of the molecule is COCCN1CCCC(c2cc(Nc3cccc(C)n3)nc(C)n2)C1. The number of anilines is 2. The Bertz CT molecular complexity index is 706. The maximum absolute atomic E-state index is 5.22. The summed E-state index contributed by atoms with van der Waals surface area (Å²) < 4.78 is 5.22. The van der Waals surface area contributed by atoms with Crippen LogP contribution in [0.4, 0.5) is 11.6 Å². The van der Waals surface area contributed by atoms with E-state index in [-0.39, 0.29) is 0 Å². The van der Waals surface area contributed by atoms with Crippen LogP contribution in [-0.2, 0) is 4.74 Å². The summed E-state index contributed by atoms with van der Waals surface area (Å²) in [4.78, 5) is 16.2. The zero-order valence-electron chi connectivity index (χ0n) is 15.3. The topological polar surface area (TPSA) is 63.2 Å². The molecule has 1 saturated heterocycles. The van der Waals surface area contributed by atoms with Crippen molar-refractivity contribution in [3.8, 4) is 0 Å². The number of methoxy groups -OCH3 is 1. The molecular weight excluding hydrogens is 314 g/mol. The summed E-state index contributed by atoms with van der Waals surface area (Å²) in [7, 11) is 1.76. The molecule has 1 unspecified atom stereocenters. The first-order valence-electron chi connectivity index (χ1n) is 8.91. The third kappa shape index (κ3) is 4.96. The van der Waals surface area contributed by atoms with Crippen molar-refractivity contribution in [2.24, 2.45) is 0 Å². The molecule has 1 atom stereocenters. The summed E-state index contributed by atoms with van der Waals surface area (Å²) in [5.41, 5.74) is 2.10. The zero-order valence-corrected chi connectivity index (χ0v) is 15.3. The second-order valence-electron chi connectivity index (χ2n) is 6.65. The molecule has 2 aromatic heterocycles. The van der Waals surface area contributed by atoms with Crippen molar-refractivity contribution >= 4 is 11.6 Å². The minimum Gasteiger partial charge on any atom is -0.383 e. The third-order valence-corrected chi connectivity index (χ3v) is 4.54. The fourth-order valence-corrected chi connectivity index (χ4v) is 3.33. The first-order chi connectivity index (χ1) is 12.1. The predicted molar refractivity (Wildman–Crippen MR) is 99.3 cm³/mol. The van der Waals surface area contributed by atoms with Crippen LogP contribution in [0.15, 0.2) is 24.3 Å². The smallest absolute Gasteiger partial charge is 0.135 e. The highest BCUT2D eigenvalue weighted by Crippen LogP contribution is 2.27. The molecule has 3 rings (SSSR count). The van der Waals surface area contributed by atoms with Crippen LogP contribution in [0.3, 0.4) is 0 Å². The van der Waals surface area contributed by atoms with Crippen LogP contribution in [0.2, 0.25) is 0 Å². The second-order valence-corrected chi connectivity index (χ2v) is 6.65. The third-order valence-electron chi connectivity index (χ3n) is 4.54. The van der Waals surface area contributed by atoms with E-state index >= 15 is 0 Å². The fourth-order valence-electron chi connectivity index (χ4n) is 3.33. The maximum atomic E-state index is 5.22. The van der Waals surface area contributed by atoms with Crippen LogP contribution < -0.4 is 5.32 Å². The molecule has 25 heavy (non-hydrogen) atoms. The first-order valence-corrected chi connectivity index (χ1v) is 8.91. The van der Waals surface area contributed by atoms with Crippen LogP contribution in [0, 0.1) is 13.8 Å². The van der Waals surface area contributed by atoms with Crippen LogP contribution in [0.5, 0.6) is 0 Å². The lowest BCUT2D eigenvalue weighted by atomic mass is 9.94. The number of nitrogens with one attached hydrogen (secondary N) is 1. The Morgan fingerprint density at radius 2 is 2.08 bits per heavy atom. The van der Waals surface area contributed by atoms with E-state index in [0.29, 0.717) is 5.92 Å². The summed E-state index contributed by atoms with van der Waals surface area (Å²) in [6, 6.07) is 8.01. The molecule has 134 valence electrons. The van der Waals surface area contributed by atoms with Crippen LogP contribution in [-0.4, -0.2) is 53.2 Å². The van der Waals surface area contributed by atoms with Crippen molar-refractivity contribution in [3.05, 3.63) is 41.5 Å². The van der Waals surface area contributed by atoms with Crippen molar-refractivity contribution in [2.45, 2.75) is 32.6 Å². The van der Waals surface area contributed by atoms with Gasteiger partial charge in [0.2, 0.25) is 0 Å². The van der Waals surface area contributed by atoms with Gasteiger partial charge in [0.05, 0.1) is 12.3 Å². The van der Waals surface area contributed by atoms with Crippen molar-refractivity contribution in [2.75, 3.05) is 38.7 Å². The van der Waals surface area contributed by atoms with Gasteiger partial charge in [-0.15, -0.1) is 0 Å². The molecule has 1 aliphatic heterocycles. The lowest BCUT2D eigenvalue weighted by Crippen LogP contribution is -2.36. The van der Waals surface area contributed by atoms with E-state index in [1.54, 1.807) is 7.11 Å². The molecule has 0 aliphatic carbocycles. The highest BCUT2D eigenvalue weighted by molar-refractivity contribution is 5.52. The lowest BCUT2D eigenvalue weighted by Gasteiger charge is -2.32. The molecule has 0 aromatic carbocycles. The van der Waals surface area contributed by atoms with E-state index in [9.17, 15) is 0 Å². The summed E-state index contributed by atoms with van der Waals surface area (Å²) in [5.74, 6) is 2.86. The normalized spacial score (nSPS) is 18.3. The van der Waals surface area contributed by atoms with Gasteiger partial charge >= 0.3 is 0 Å². The summed E-state index contributed by atoms with van der Waals surface area (Å²) in [5, 5.41) is 3.31. The number of nitrogens with zero attached hydrogens (tertiary/aromatic N) is 4. The Labute approximate surface area is 149 Å². The zero-order chi connectivity index (χ0) is 17.6. The molecule has 0 spiro atoms. The molecule has 6 heteroatoms. The Balaban J connectivity index is 1.74. The van der Waals surface area contributed by atoms with Gasteiger partial charge in [0.25, 0.3) is 0 Å². The van der Waals surface area contributed by atoms with Gasteiger partial charge in [0, 0.05) is 37.9 Å². The highest BCUT2D eigenvalue weighted by Gasteiger charge is 2.23. The Morgan fingerprint density at radius 3 is 2.88 bits per heavy atom. The van der Waals surface area contributed by atoms with Crippen LogP contribution in [0.25, 0.3) is 0 Å². The average Bonchev–Trinajstić information content (AvgIpc) is 2.60. The van der Waals surface area contributed by atoms with Crippen molar-refractivity contribution in [1.29, 1.82) is 0 Å². The number of aryl methyl sites for hydroxylation is 2. The van der Waals surface area contributed by atoms with Gasteiger partial charge in [0.1, 0.15) is 17.5 Å². The number of hydrogen-bond acceptors (Lipinski definition) is 6. The predicted octanol–water partition coefficient (Wildman–Crippen LogP) is 3.06. The number of pyridine rings is 1. The van der Waals surface area contributed by atoms with Gasteiger partial charge in [-0.3, -0.25) is 0 Å². The molecule has 6 nitrogen and oxygen atoms in total. The number of piperidine rings is 1. The van der Waals surface area contributed by atoms with Gasteiger partial charge in [-0.1, -0.05) is 6.07 Å². The molecule has 3 heterocycles. The quantitative estimate of drug-likeness (QED) is 0.871. The molecule has 1 N–H and O–H groups in total. The van der Waals surface area contributed by atoms with E-state index in [2.05, 4.69) is 26.3 Å². The molecule has 1 fully saturated rings. The van der Waals surface area contributed by atoms with Crippen LogP contribution in [0.1, 0.15) is 36.0 Å². The Kier molecular flexibility index (Phi) is 5.94. The molecular formula is C19H27N5O. The van der Waals surface area contributed by atoms with E-state index in [4.69, 9.17) is 9.72 Å². The molecule has 0 radical (unpaired) electrons.